The third kappa shape index (κ3) is 7.00. The number of hydrogen-bond donors (Lipinski definition) is 0. The van der Waals surface area contributed by atoms with E-state index >= 15 is 0 Å². The van der Waals surface area contributed by atoms with E-state index in [0.29, 0.717) is 0 Å². The summed E-state index contributed by atoms with van der Waals surface area (Å²) in [6.07, 6.45) is 15.7. The second-order valence-corrected chi connectivity index (χ2v) is 9.65. The molecular formula is C25H38F3N. The third-order valence-corrected chi connectivity index (χ3v) is 7.62. The first-order valence-electron chi connectivity index (χ1n) is 12.0. The normalized spacial score (nSPS) is 28.4. The Bertz CT molecular complexity index is 579. The zero-order chi connectivity index (χ0) is 20.7. The topological polar surface area (TPSA) is 12.9 Å². The average Bonchev–Trinajstić information content (AvgIpc) is 2.73. The second kappa shape index (κ2) is 10.8. The zero-order valence-corrected chi connectivity index (χ0v) is 18.0. The Labute approximate surface area is 174 Å². The van der Waals surface area contributed by atoms with E-state index < -0.39 is 11.9 Å². The van der Waals surface area contributed by atoms with Gasteiger partial charge in [0.1, 0.15) is 5.69 Å². The van der Waals surface area contributed by atoms with Gasteiger partial charge in [0.05, 0.1) is 0 Å². The quantitative estimate of drug-likeness (QED) is 0.394. The van der Waals surface area contributed by atoms with Crippen molar-refractivity contribution in [3.05, 3.63) is 29.6 Å². The van der Waals surface area contributed by atoms with Crippen molar-refractivity contribution in [2.24, 2.45) is 23.7 Å². The minimum Gasteiger partial charge on any atom is -0.252 e. The van der Waals surface area contributed by atoms with Crippen LogP contribution in [-0.2, 0) is 12.6 Å². The molecule has 0 unspecified atom stereocenters. The third-order valence-electron chi connectivity index (χ3n) is 7.62. The van der Waals surface area contributed by atoms with Crippen LogP contribution in [0.25, 0.3) is 0 Å². The predicted octanol–water partition coefficient (Wildman–Crippen LogP) is 8.23. The lowest BCUT2D eigenvalue weighted by Crippen LogP contribution is -2.26. The summed E-state index contributed by atoms with van der Waals surface area (Å²) in [5.41, 5.74) is 0.142. The van der Waals surface area contributed by atoms with Gasteiger partial charge >= 0.3 is 6.18 Å². The number of hydrogen-bond acceptors (Lipinski definition) is 1. The molecule has 0 N–H and O–H groups in total. The van der Waals surface area contributed by atoms with Crippen LogP contribution in [0.15, 0.2) is 18.3 Å². The van der Waals surface area contributed by atoms with Gasteiger partial charge in [-0.15, -0.1) is 0 Å². The van der Waals surface area contributed by atoms with Gasteiger partial charge in [-0.3, -0.25) is 4.98 Å². The lowest BCUT2D eigenvalue weighted by atomic mass is 9.68. The fraction of sp³-hybridized carbons (Fsp3) is 0.800. The largest absolute Gasteiger partial charge is 0.433 e. The first-order chi connectivity index (χ1) is 14.0. The lowest BCUT2D eigenvalue weighted by molar-refractivity contribution is -0.141. The van der Waals surface area contributed by atoms with Crippen LogP contribution in [0.2, 0.25) is 0 Å². The molecule has 0 radical (unpaired) electrons. The predicted molar refractivity (Wildman–Crippen MR) is 113 cm³/mol. The molecule has 0 aromatic carbocycles. The molecule has 4 heteroatoms. The molecule has 29 heavy (non-hydrogen) atoms. The fourth-order valence-corrected chi connectivity index (χ4v) is 5.69. The number of nitrogens with zero attached hydrogens (tertiary/aromatic N) is 1. The Hall–Kier alpha value is -1.06. The van der Waals surface area contributed by atoms with Crippen molar-refractivity contribution in [1.82, 2.24) is 4.98 Å². The zero-order valence-electron chi connectivity index (χ0n) is 18.0. The van der Waals surface area contributed by atoms with Gasteiger partial charge in [0.25, 0.3) is 0 Å². The number of aryl methyl sites for hydroxylation is 1. The summed E-state index contributed by atoms with van der Waals surface area (Å²) in [4.78, 5) is 3.59. The highest BCUT2D eigenvalue weighted by Gasteiger charge is 2.32. The molecule has 0 amide bonds. The number of aromatic nitrogens is 1. The molecule has 0 atom stereocenters. The highest BCUT2D eigenvalue weighted by atomic mass is 19.4. The first kappa shape index (κ1) is 22.6. The van der Waals surface area contributed by atoms with Gasteiger partial charge < -0.3 is 0 Å². The maximum atomic E-state index is 12.6. The Balaban J connectivity index is 1.34. The van der Waals surface area contributed by atoms with Crippen LogP contribution < -0.4 is 0 Å². The van der Waals surface area contributed by atoms with Crippen LogP contribution in [0, 0.1) is 23.7 Å². The molecule has 2 aliphatic carbocycles. The Morgan fingerprint density at radius 2 is 1.41 bits per heavy atom. The maximum Gasteiger partial charge on any atom is 0.433 e. The van der Waals surface area contributed by atoms with Crippen LogP contribution >= 0.6 is 0 Å². The molecule has 0 bridgehead atoms. The summed E-state index contributed by atoms with van der Waals surface area (Å²) >= 11 is 0. The van der Waals surface area contributed by atoms with Crippen molar-refractivity contribution in [2.75, 3.05) is 0 Å². The standard InChI is InChI=1S/C25H38F3N/c1-2-3-4-5-19-8-13-22(14-9-19)23-15-10-20(11-16-23)6-7-21-12-17-24(29-18-21)25(26,27)28/h12,17-20,22-23H,2-11,13-16H2,1H3/t19-,20?,22-,23?. The maximum absolute atomic E-state index is 12.6. The molecule has 2 aliphatic rings. The van der Waals surface area contributed by atoms with E-state index in [0.717, 1.165) is 48.1 Å². The molecule has 1 heterocycles. The van der Waals surface area contributed by atoms with Crippen molar-refractivity contribution in [2.45, 2.75) is 103 Å². The molecule has 1 aromatic rings. The summed E-state index contributed by atoms with van der Waals surface area (Å²) in [6, 6.07) is 2.71. The number of halogens is 3. The van der Waals surface area contributed by atoms with Crippen LogP contribution in [-0.4, -0.2) is 4.98 Å². The Morgan fingerprint density at radius 3 is 1.90 bits per heavy atom. The van der Waals surface area contributed by atoms with Gasteiger partial charge in [-0.2, -0.15) is 13.2 Å². The summed E-state index contributed by atoms with van der Waals surface area (Å²) in [7, 11) is 0. The van der Waals surface area contributed by atoms with Crippen molar-refractivity contribution in [3.63, 3.8) is 0 Å². The van der Waals surface area contributed by atoms with E-state index in [9.17, 15) is 13.2 Å². The second-order valence-electron chi connectivity index (χ2n) is 9.65. The van der Waals surface area contributed by atoms with Gasteiger partial charge in [-0.1, -0.05) is 64.4 Å². The molecule has 3 rings (SSSR count). The van der Waals surface area contributed by atoms with E-state index in [2.05, 4.69) is 11.9 Å². The van der Waals surface area contributed by atoms with Crippen LogP contribution in [0.1, 0.15) is 102 Å². The summed E-state index contributed by atoms with van der Waals surface area (Å²) in [5, 5.41) is 0. The highest BCUT2D eigenvalue weighted by molar-refractivity contribution is 5.16. The van der Waals surface area contributed by atoms with Gasteiger partial charge in [0.15, 0.2) is 0 Å². The van der Waals surface area contributed by atoms with E-state index in [1.165, 1.54) is 83.2 Å². The van der Waals surface area contributed by atoms with Crippen molar-refractivity contribution in [3.8, 4) is 0 Å². The molecule has 164 valence electrons. The molecule has 0 saturated heterocycles. The van der Waals surface area contributed by atoms with Gasteiger partial charge in [-0.25, -0.2) is 0 Å². The van der Waals surface area contributed by atoms with E-state index in [-0.39, 0.29) is 0 Å². The SMILES string of the molecule is CCCCC[C@H]1CC[C@H](C2CCC(CCc3ccc(C(F)(F)F)nc3)CC2)CC1. The van der Waals surface area contributed by atoms with Crippen molar-refractivity contribution in [1.29, 1.82) is 0 Å². The van der Waals surface area contributed by atoms with E-state index in [1.807, 2.05) is 0 Å². The monoisotopic (exact) mass is 409 g/mol. The summed E-state index contributed by atoms with van der Waals surface area (Å²) in [5.74, 6) is 3.61. The van der Waals surface area contributed by atoms with Crippen molar-refractivity contribution >= 4 is 0 Å². The van der Waals surface area contributed by atoms with E-state index in [4.69, 9.17) is 0 Å². The number of rotatable bonds is 8. The molecule has 2 fully saturated rings. The number of pyridine rings is 1. The average molecular weight is 410 g/mol. The van der Waals surface area contributed by atoms with Gasteiger partial charge in [0, 0.05) is 6.20 Å². The molecule has 1 nitrogen and oxygen atoms in total. The minimum absolute atomic E-state index is 0.735. The molecular weight excluding hydrogens is 371 g/mol. The summed E-state index contributed by atoms with van der Waals surface area (Å²) in [6.45, 7) is 2.29. The number of unbranched alkanes of at least 4 members (excludes halogenated alkanes) is 2. The smallest absolute Gasteiger partial charge is 0.252 e. The van der Waals surface area contributed by atoms with E-state index in [1.54, 1.807) is 6.07 Å². The Kier molecular flexibility index (Phi) is 8.44. The van der Waals surface area contributed by atoms with Gasteiger partial charge in [0.2, 0.25) is 0 Å². The molecule has 0 aliphatic heterocycles. The van der Waals surface area contributed by atoms with Crippen molar-refractivity contribution < 1.29 is 13.2 Å². The van der Waals surface area contributed by atoms with Crippen LogP contribution in [0.5, 0.6) is 0 Å². The first-order valence-corrected chi connectivity index (χ1v) is 12.0. The molecule has 0 spiro atoms. The number of alkyl halides is 3. The lowest BCUT2D eigenvalue weighted by Gasteiger charge is -2.38. The molecule has 1 aromatic heterocycles. The fourth-order valence-electron chi connectivity index (χ4n) is 5.69. The summed E-state index contributed by atoms with van der Waals surface area (Å²) < 4.78 is 37.8. The minimum atomic E-state index is -4.34. The molecule has 2 saturated carbocycles. The van der Waals surface area contributed by atoms with Crippen LogP contribution in [0.4, 0.5) is 13.2 Å². The highest BCUT2D eigenvalue weighted by Crippen LogP contribution is 2.43. The van der Waals surface area contributed by atoms with Crippen LogP contribution in [0.3, 0.4) is 0 Å². The Morgan fingerprint density at radius 1 is 0.828 bits per heavy atom. The van der Waals surface area contributed by atoms with Gasteiger partial charge in [-0.05, 0) is 73.8 Å².